The van der Waals surface area contributed by atoms with E-state index in [0.717, 1.165) is 4.68 Å². The van der Waals surface area contributed by atoms with Crippen LogP contribution in [0.2, 0.25) is 0 Å². The summed E-state index contributed by atoms with van der Waals surface area (Å²) in [5.41, 5.74) is 2.36. The van der Waals surface area contributed by atoms with Crippen molar-refractivity contribution >= 4 is 10.9 Å². The standard InChI is InChI=1S/C22H22F3N5O4/c1-5-34-19-16(32-3)7-13(8-26-19)15-6-12(2)17-18(28-15)21(33-4)30(20(17)31)14-9-27-29(10-14)11-22(23,24)25/h6-10,31H,5,11H2,1-4H3. The van der Waals surface area contributed by atoms with Gasteiger partial charge in [-0.3, -0.25) is 4.68 Å². The number of halogens is 3. The van der Waals surface area contributed by atoms with E-state index in [9.17, 15) is 18.3 Å². The molecule has 0 aliphatic heterocycles. The van der Waals surface area contributed by atoms with E-state index in [4.69, 9.17) is 14.2 Å². The average Bonchev–Trinajstić information content (AvgIpc) is 3.34. The van der Waals surface area contributed by atoms with E-state index >= 15 is 0 Å². The lowest BCUT2D eigenvalue weighted by atomic mass is 10.1. The Morgan fingerprint density at radius 3 is 2.53 bits per heavy atom. The van der Waals surface area contributed by atoms with Crippen molar-refractivity contribution in [3.8, 4) is 40.3 Å². The fourth-order valence-electron chi connectivity index (χ4n) is 3.70. The van der Waals surface area contributed by atoms with Gasteiger partial charge in [0.2, 0.25) is 11.8 Å². The molecule has 4 rings (SSSR count). The zero-order valence-corrected chi connectivity index (χ0v) is 18.8. The summed E-state index contributed by atoms with van der Waals surface area (Å²) in [6.45, 7) is 2.79. The Hall–Kier alpha value is -3.96. The topological polar surface area (TPSA) is 96.5 Å². The summed E-state index contributed by atoms with van der Waals surface area (Å²) in [4.78, 5) is 8.95. The van der Waals surface area contributed by atoms with Crippen LogP contribution >= 0.6 is 0 Å². The van der Waals surface area contributed by atoms with Gasteiger partial charge in [-0.05, 0) is 31.5 Å². The van der Waals surface area contributed by atoms with Crippen molar-refractivity contribution in [2.75, 3.05) is 20.8 Å². The molecule has 0 atom stereocenters. The van der Waals surface area contributed by atoms with E-state index in [1.165, 1.54) is 31.2 Å². The van der Waals surface area contributed by atoms with Crippen LogP contribution in [0.25, 0.3) is 27.8 Å². The van der Waals surface area contributed by atoms with Crippen LogP contribution in [0.4, 0.5) is 13.2 Å². The molecule has 4 heterocycles. The molecule has 0 amide bonds. The maximum atomic E-state index is 12.8. The van der Waals surface area contributed by atoms with E-state index in [-0.39, 0.29) is 17.4 Å². The van der Waals surface area contributed by atoms with Gasteiger partial charge in [-0.2, -0.15) is 18.3 Å². The van der Waals surface area contributed by atoms with Crippen molar-refractivity contribution in [3.05, 3.63) is 36.3 Å². The highest BCUT2D eigenvalue weighted by molar-refractivity contribution is 5.95. The van der Waals surface area contributed by atoms with Crippen LogP contribution in [0.5, 0.6) is 23.4 Å². The Bertz CT molecular complexity index is 1350. The summed E-state index contributed by atoms with van der Waals surface area (Å²) in [6.07, 6.45) is -0.460. The van der Waals surface area contributed by atoms with Crippen molar-refractivity contribution in [1.29, 1.82) is 0 Å². The molecule has 0 spiro atoms. The molecule has 1 N–H and O–H groups in total. The maximum Gasteiger partial charge on any atom is 0.408 e. The zero-order valence-electron chi connectivity index (χ0n) is 18.8. The second kappa shape index (κ2) is 8.76. The highest BCUT2D eigenvalue weighted by atomic mass is 19.4. The lowest BCUT2D eigenvalue weighted by Crippen LogP contribution is -2.17. The third-order valence-corrected chi connectivity index (χ3v) is 5.09. The summed E-state index contributed by atoms with van der Waals surface area (Å²) in [5.74, 6) is 0.708. The Balaban J connectivity index is 1.85. The van der Waals surface area contributed by atoms with Crippen LogP contribution in [0.1, 0.15) is 12.5 Å². The lowest BCUT2D eigenvalue weighted by Gasteiger charge is -2.10. The fourth-order valence-corrected chi connectivity index (χ4v) is 3.70. The van der Waals surface area contributed by atoms with Gasteiger partial charge in [0.05, 0.1) is 43.8 Å². The number of hydrogen-bond donors (Lipinski definition) is 1. The minimum absolute atomic E-state index is 0.148. The van der Waals surface area contributed by atoms with Crippen LogP contribution in [-0.4, -0.2) is 56.4 Å². The molecule has 0 bridgehead atoms. The number of rotatable bonds is 7. The van der Waals surface area contributed by atoms with Crippen molar-refractivity contribution in [1.82, 2.24) is 24.3 Å². The van der Waals surface area contributed by atoms with Gasteiger partial charge in [0, 0.05) is 18.0 Å². The predicted octanol–water partition coefficient (Wildman–Crippen LogP) is 4.28. The minimum atomic E-state index is -4.43. The Morgan fingerprint density at radius 2 is 1.88 bits per heavy atom. The van der Waals surface area contributed by atoms with Gasteiger partial charge in [0.25, 0.3) is 5.88 Å². The highest BCUT2D eigenvalue weighted by Crippen LogP contribution is 2.42. The third kappa shape index (κ3) is 4.18. The van der Waals surface area contributed by atoms with E-state index < -0.39 is 12.7 Å². The molecule has 0 aromatic carbocycles. The molecule has 0 aliphatic carbocycles. The van der Waals surface area contributed by atoms with Gasteiger partial charge in [0.1, 0.15) is 12.1 Å². The normalized spacial score (nSPS) is 11.7. The second-order valence-electron chi connectivity index (χ2n) is 7.39. The van der Waals surface area contributed by atoms with E-state index in [2.05, 4.69) is 15.1 Å². The molecule has 12 heteroatoms. The molecule has 34 heavy (non-hydrogen) atoms. The zero-order chi connectivity index (χ0) is 24.6. The molecule has 0 saturated carbocycles. The van der Waals surface area contributed by atoms with Gasteiger partial charge in [-0.1, -0.05) is 0 Å². The number of ether oxygens (including phenoxy) is 3. The maximum absolute atomic E-state index is 12.8. The summed E-state index contributed by atoms with van der Waals surface area (Å²) >= 11 is 0. The number of methoxy groups -OCH3 is 2. The van der Waals surface area contributed by atoms with Crippen LogP contribution in [0, 0.1) is 6.92 Å². The molecular formula is C22H22F3N5O4. The molecule has 0 unspecified atom stereocenters. The summed E-state index contributed by atoms with van der Waals surface area (Å²) in [6, 6.07) is 3.49. The number of aryl methyl sites for hydroxylation is 1. The molecule has 9 nitrogen and oxygen atoms in total. The lowest BCUT2D eigenvalue weighted by molar-refractivity contribution is -0.142. The molecular weight excluding hydrogens is 455 g/mol. The molecule has 0 saturated heterocycles. The Morgan fingerprint density at radius 1 is 1.12 bits per heavy atom. The van der Waals surface area contributed by atoms with Gasteiger partial charge in [-0.25, -0.2) is 14.5 Å². The number of alkyl halides is 3. The van der Waals surface area contributed by atoms with Crippen LogP contribution in [-0.2, 0) is 6.54 Å². The van der Waals surface area contributed by atoms with Gasteiger partial charge in [0.15, 0.2) is 5.75 Å². The quantitative estimate of drug-likeness (QED) is 0.425. The van der Waals surface area contributed by atoms with Gasteiger partial charge < -0.3 is 19.3 Å². The second-order valence-corrected chi connectivity index (χ2v) is 7.39. The first kappa shape index (κ1) is 23.2. The molecule has 4 aromatic heterocycles. The smallest absolute Gasteiger partial charge is 0.408 e. The number of nitrogens with zero attached hydrogens (tertiary/aromatic N) is 5. The van der Waals surface area contributed by atoms with Crippen LogP contribution in [0.3, 0.4) is 0 Å². The number of hydrogen-bond acceptors (Lipinski definition) is 7. The van der Waals surface area contributed by atoms with Gasteiger partial charge >= 0.3 is 6.18 Å². The predicted molar refractivity (Wildman–Crippen MR) is 117 cm³/mol. The number of aromatic nitrogens is 5. The highest BCUT2D eigenvalue weighted by Gasteiger charge is 2.29. The molecule has 0 radical (unpaired) electrons. The first-order valence-electron chi connectivity index (χ1n) is 10.2. The van der Waals surface area contributed by atoms with E-state index in [1.807, 2.05) is 6.92 Å². The number of aromatic hydroxyl groups is 1. The molecule has 0 aliphatic rings. The average molecular weight is 477 g/mol. The van der Waals surface area contributed by atoms with Crippen molar-refractivity contribution in [2.45, 2.75) is 26.6 Å². The Kier molecular flexibility index (Phi) is 5.98. The van der Waals surface area contributed by atoms with Crippen molar-refractivity contribution < 1.29 is 32.5 Å². The molecule has 4 aromatic rings. The largest absolute Gasteiger partial charge is 0.494 e. The number of pyridine rings is 2. The number of fused-ring (bicyclic) bond motifs is 1. The molecule has 180 valence electrons. The third-order valence-electron chi connectivity index (χ3n) is 5.09. The van der Waals surface area contributed by atoms with Gasteiger partial charge in [-0.15, -0.1) is 0 Å². The van der Waals surface area contributed by atoms with Crippen LogP contribution in [0.15, 0.2) is 30.7 Å². The summed E-state index contributed by atoms with van der Waals surface area (Å²) in [7, 11) is 2.89. The van der Waals surface area contributed by atoms with Crippen LogP contribution < -0.4 is 14.2 Å². The minimum Gasteiger partial charge on any atom is -0.494 e. The Labute approximate surface area is 192 Å². The van der Waals surface area contributed by atoms with Crippen molar-refractivity contribution in [3.63, 3.8) is 0 Å². The SMILES string of the molecule is CCOc1ncc(-c2cc(C)c3c(O)n(-c4cnn(CC(F)(F)F)c4)c(OC)c3n2)cc1OC. The van der Waals surface area contributed by atoms with E-state index in [0.29, 0.717) is 46.0 Å². The molecule has 0 fully saturated rings. The fraction of sp³-hybridized carbons (Fsp3) is 0.318. The van der Waals surface area contributed by atoms with Crippen molar-refractivity contribution in [2.24, 2.45) is 0 Å². The first-order valence-corrected chi connectivity index (χ1v) is 10.2. The van der Waals surface area contributed by atoms with E-state index in [1.54, 1.807) is 25.3 Å². The summed E-state index contributed by atoms with van der Waals surface area (Å²) in [5, 5.41) is 15.1. The monoisotopic (exact) mass is 477 g/mol. The first-order chi connectivity index (χ1) is 16.2. The summed E-state index contributed by atoms with van der Waals surface area (Å²) < 4.78 is 56.6.